The molecule has 0 aliphatic heterocycles. The molecule has 40 heavy (non-hydrogen) atoms. The van der Waals surface area contributed by atoms with Crippen LogP contribution < -0.4 is 9.62 Å². The molecule has 0 aliphatic rings. The number of hydrogen-bond donors (Lipinski definition) is 1. The molecular weight excluding hydrogens is 593 g/mol. The minimum Gasteiger partial charge on any atom is -0.357 e. The number of likely N-dealkylation sites (N-methyl/N-ethyl adjacent to an activating group) is 1. The maximum atomic E-state index is 13.8. The van der Waals surface area contributed by atoms with E-state index in [1.54, 1.807) is 43.3 Å². The first-order chi connectivity index (χ1) is 18.9. The fourth-order valence-corrected chi connectivity index (χ4v) is 6.04. The highest BCUT2D eigenvalue weighted by atomic mass is 35.5. The van der Waals surface area contributed by atoms with Gasteiger partial charge >= 0.3 is 0 Å². The van der Waals surface area contributed by atoms with E-state index in [0.29, 0.717) is 26.3 Å². The van der Waals surface area contributed by atoms with Gasteiger partial charge in [-0.25, -0.2) is 8.42 Å². The molecule has 0 heterocycles. The van der Waals surface area contributed by atoms with E-state index in [-0.39, 0.29) is 44.2 Å². The highest BCUT2D eigenvalue weighted by Gasteiger charge is 2.30. The van der Waals surface area contributed by atoms with E-state index >= 15 is 0 Å². The molecular formula is C29H32Cl3N3O4S. The Labute approximate surface area is 251 Å². The Kier molecular flexibility index (Phi) is 11.3. The van der Waals surface area contributed by atoms with Crippen LogP contribution in [0.2, 0.25) is 15.1 Å². The molecule has 0 aromatic heterocycles. The smallest absolute Gasteiger partial charge is 0.242 e. The first kappa shape index (κ1) is 31.7. The van der Waals surface area contributed by atoms with E-state index < -0.39 is 16.1 Å². The van der Waals surface area contributed by atoms with Gasteiger partial charge in [0.25, 0.3) is 0 Å². The van der Waals surface area contributed by atoms with Crippen molar-refractivity contribution in [3.63, 3.8) is 0 Å². The van der Waals surface area contributed by atoms with Gasteiger partial charge in [0.1, 0.15) is 6.04 Å². The molecule has 0 saturated carbocycles. The van der Waals surface area contributed by atoms with Gasteiger partial charge in [-0.2, -0.15) is 0 Å². The predicted octanol–water partition coefficient (Wildman–Crippen LogP) is 5.89. The maximum absolute atomic E-state index is 13.8. The van der Waals surface area contributed by atoms with Crippen molar-refractivity contribution in [2.75, 3.05) is 24.2 Å². The fourth-order valence-electron chi connectivity index (χ4n) is 4.39. The van der Waals surface area contributed by atoms with E-state index in [1.165, 1.54) is 16.3 Å². The Morgan fingerprint density at radius 2 is 1.60 bits per heavy atom. The minimum atomic E-state index is -3.65. The monoisotopic (exact) mass is 623 g/mol. The Balaban J connectivity index is 1.89. The Bertz CT molecular complexity index is 1450. The molecule has 3 aromatic carbocycles. The Morgan fingerprint density at radius 1 is 0.950 bits per heavy atom. The molecule has 0 unspecified atom stereocenters. The zero-order chi connectivity index (χ0) is 29.4. The van der Waals surface area contributed by atoms with Gasteiger partial charge < -0.3 is 10.2 Å². The third-order valence-corrected chi connectivity index (χ3v) is 8.47. The first-order valence-corrected chi connectivity index (χ1v) is 15.6. The lowest BCUT2D eigenvalue weighted by atomic mass is 10.0. The van der Waals surface area contributed by atoms with Crippen LogP contribution in [0.1, 0.15) is 29.5 Å². The second-order valence-electron chi connectivity index (χ2n) is 9.45. The van der Waals surface area contributed by atoms with E-state index in [9.17, 15) is 18.0 Å². The van der Waals surface area contributed by atoms with Crippen LogP contribution in [0.5, 0.6) is 0 Å². The first-order valence-electron chi connectivity index (χ1n) is 12.6. The molecule has 0 fully saturated rings. The molecule has 214 valence electrons. The molecule has 2 amide bonds. The number of hydrogen-bond acceptors (Lipinski definition) is 4. The zero-order valence-corrected chi connectivity index (χ0v) is 25.6. The SMILES string of the molecule is CNC(=O)[C@@H](Cc1ccccc1)N(Cc1ccc(Cl)cc1Cl)C(=O)CCCN(c1cc(Cl)ccc1C)S(C)(=O)=O. The van der Waals surface area contributed by atoms with Crippen molar-refractivity contribution in [3.8, 4) is 0 Å². The van der Waals surface area contributed by atoms with Crippen LogP contribution in [0.25, 0.3) is 0 Å². The van der Waals surface area contributed by atoms with Crippen LogP contribution in [-0.2, 0) is 32.6 Å². The Hall–Kier alpha value is -2.78. The number of sulfonamides is 1. The number of amides is 2. The summed E-state index contributed by atoms with van der Waals surface area (Å²) in [7, 11) is -2.13. The molecule has 1 atom stereocenters. The third kappa shape index (κ3) is 8.61. The summed E-state index contributed by atoms with van der Waals surface area (Å²) in [4.78, 5) is 28.4. The molecule has 0 aliphatic carbocycles. The standard InChI is InChI=1S/C29H32Cl3N3O4S/c1-20-11-13-24(31)18-26(20)35(40(3,38)39)15-7-10-28(36)34(19-22-12-14-23(30)17-25(22)32)27(29(37)33-2)16-21-8-5-4-6-9-21/h4-6,8-9,11-14,17-18,27H,7,10,15-16,19H2,1-3H3,(H,33,37)/t27-/m1/s1. The fraction of sp³-hybridized carbons (Fsp3) is 0.310. The highest BCUT2D eigenvalue weighted by Crippen LogP contribution is 2.28. The largest absolute Gasteiger partial charge is 0.357 e. The summed E-state index contributed by atoms with van der Waals surface area (Å²) in [6, 6.07) is 18.6. The van der Waals surface area contributed by atoms with Gasteiger partial charge in [0.2, 0.25) is 21.8 Å². The van der Waals surface area contributed by atoms with Crippen molar-refractivity contribution in [1.82, 2.24) is 10.2 Å². The van der Waals surface area contributed by atoms with Crippen molar-refractivity contribution in [2.24, 2.45) is 0 Å². The van der Waals surface area contributed by atoms with Crippen molar-refractivity contribution >= 4 is 62.3 Å². The van der Waals surface area contributed by atoms with Gasteiger partial charge in [0.05, 0.1) is 11.9 Å². The molecule has 0 saturated heterocycles. The van der Waals surface area contributed by atoms with Crippen molar-refractivity contribution in [1.29, 1.82) is 0 Å². The number of carbonyl (C=O) groups excluding carboxylic acids is 2. The Morgan fingerprint density at radius 3 is 2.23 bits per heavy atom. The molecule has 3 rings (SSSR count). The maximum Gasteiger partial charge on any atom is 0.242 e. The second kappa shape index (κ2) is 14.2. The predicted molar refractivity (Wildman–Crippen MR) is 163 cm³/mol. The number of nitrogens with one attached hydrogen (secondary N) is 1. The van der Waals surface area contributed by atoms with E-state index in [2.05, 4.69) is 5.32 Å². The summed E-state index contributed by atoms with van der Waals surface area (Å²) in [6.07, 6.45) is 1.62. The summed E-state index contributed by atoms with van der Waals surface area (Å²) >= 11 is 18.7. The summed E-state index contributed by atoms with van der Waals surface area (Å²) in [6.45, 7) is 1.93. The van der Waals surface area contributed by atoms with Crippen LogP contribution >= 0.6 is 34.8 Å². The van der Waals surface area contributed by atoms with Crippen molar-refractivity contribution < 1.29 is 18.0 Å². The zero-order valence-electron chi connectivity index (χ0n) is 22.5. The van der Waals surface area contributed by atoms with Crippen LogP contribution in [0.15, 0.2) is 66.7 Å². The quantitative estimate of drug-likeness (QED) is 0.272. The van der Waals surface area contributed by atoms with Crippen LogP contribution in [-0.4, -0.2) is 51.0 Å². The van der Waals surface area contributed by atoms with Gasteiger partial charge in [-0.05, 0) is 54.3 Å². The average Bonchev–Trinajstić information content (AvgIpc) is 2.90. The molecule has 11 heteroatoms. The summed E-state index contributed by atoms with van der Waals surface area (Å²) in [5, 5.41) is 3.91. The third-order valence-electron chi connectivity index (χ3n) is 6.47. The number of nitrogens with zero attached hydrogens (tertiary/aromatic N) is 2. The number of carbonyl (C=O) groups is 2. The summed E-state index contributed by atoms with van der Waals surface area (Å²) in [5.74, 6) is -0.638. The summed E-state index contributed by atoms with van der Waals surface area (Å²) in [5.41, 5.74) is 2.71. The lowest BCUT2D eigenvalue weighted by molar-refractivity contribution is -0.141. The van der Waals surface area contributed by atoms with Crippen LogP contribution in [0, 0.1) is 6.92 Å². The summed E-state index contributed by atoms with van der Waals surface area (Å²) < 4.78 is 26.6. The highest BCUT2D eigenvalue weighted by molar-refractivity contribution is 7.92. The molecule has 7 nitrogen and oxygen atoms in total. The molecule has 1 N–H and O–H groups in total. The topological polar surface area (TPSA) is 86.8 Å². The number of aryl methyl sites for hydroxylation is 1. The van der Waals surface area contributed by atoms with E-state index in [0.717, 1.165) is 17.4 Å². The molecule has 0 spiro atoms. The van der Waals surface area contributed by atoms with Crippen molar-refractivity contribution in [3.05, 3.63) is 98.5 Å². The van der Waals surface area contributed by atoms with E-state index in [1.807, 2.05) is 30.3 Å². The lowest BCUT2D eigenvalue weighted by Gasteiger charge is -2.32. The number of anilines is 1. The van der Waals surface area contributed by atoms with Crippen LogP contribution in [0.4, 0.5) is 5.69 Å². The van der Waals surface area contributed by atoms with Gasteiger partial charge in [-0.3, -0.25) is 13.9 Å². The molecule has 0 radical (unpaired) electrons. The molecule has 0 bridgehead atoms. The van der Waals surface area contributed by atoms with Gasteiger partial charge in [-0.1, -0.05) is 77.3 Å². The van der Waals surface area contributed by atoms with Gasteiger partial charge in [0.15, 0.2) is 0 Å². The average molecular weight is 625 g/mol. The number of benzene rings is 3. The number of halogens is 3. The second-order valence-corrected chi connectivity index (χ2v) is 12.6. The van der Waals surface area contributed by atoms with Crippen molar-refractivity contribution in [2.45, 2.75) is 38.8 Å². The molecule has 3 aromatic rings. The van der Waals surface area contributed by atoms with E-state index in [4.69, 9.17) is 34.8 Å². The number of rotatable bonds is 12. The van der Waals surface area contributed by atoms with Gasteiger partial charge in [-0.15, -0.1) is 0 Å². The van der Waals surface area contributed by atoms with Crippen LogP contribution in [0.3, 0.4) is 0 Å². The minimum absolute atomic E-state index is 0.000867. The van der Waals surface area contributed by atoms with Gasteiger partial charge in [0, 0.05) is 48.0 Å². The lowest BCUT2D eigenvalue weighted by Crippen LogP contribution is -2.49. The normalized spacial score (nSPS) is 12.1.